The van der Waals surface area contributed by atoms with E-state index in [-0.39, 0.29) is 23.8 Å². The molecule has 0 aromatic carbocycles. The van der Waals surface area contributed by atoms with Crippen molar-refractivity contribution in [2.24, 2.45) is 5.92 Å². The van der Waals surface area contributed by atoms with Crippen LogP contribution in [-0.4, -0.2) is 23.8 Å². The van der Waals surface area contributed by atoms with Crippen LogP contribution in [0.2, 0.25) is 0 Å². The summed E-state index contributed by atoms with van der Waals surface area (Å²) in [4.78, 5) is 12.1. The van der Waals surface area contributed by atoms with Gasteiger partial charge >= 0.3 is 5.97 Å². The number of carbonyl (C=O) groups is 1. The van der Waals surface area contributed by atoms with E-state index in [1.54, 1.807) is 0 Å². The molecule has 0 aromatic rings. The highest BCUT2D eigenvalue weighted by Gasteiger charge is 2.57. The van der Waals surface area contributed by atoms with Crippen LogP contribution in [0.3, 0.4) is 0 Å². The first-order valence-corrected chi connectivity index (χ1v) is 8.08. The van der Waals surface area contributed by atoms with Crippen molar-refractivity contribution in [3.05, 3.63) is 0 Å². The maximum absolute atomic E-state index is 12.1. The summed E-state index contributed by atoms with van der Waals surface area (Å²) in [5.41, 5.74) is -0.0713. The molecule has 0 radical (unpaired) electrons. The zero-order valence-corrected chi connectivity index (χ0v) is 12.0. The van der Waals surface area contributed by atoms with Gasteiger partial charge < -0.3 is 9.47 Å². The summed E-state index contributed by atoms with van der Waals surface area (Å²) in [7, 11) is 0. The molecule has 0 spiro atoms. The molecule has 3 aliphatic carbocycles. The molecule has 108 valence electrons. The molecule has 3 rings (SSSR count). The topological polar surface area (TPSA) is 35.5 Å². The van der Waals surface area contributed by atoms with Gasteiger partial charge in [-0.2, -0.15) is 0 Å². The van der Waals surface area contributed by atoms with Gasteiger partial charge in [0.25, 0.3) is 0 Å². The van der Waals surface area contributed by atoms with Gasteiger partial charge in [-0.25, -0.2) is 4.79 Å². The Morgan fingerprint density at radius 3 is 2.21 bits per heavy atom. The molecule has 0 unspecified atom stereocenters. The Hall–Kier alpha value is -0.570. The molecule has 1 atom stereocenters. The fourth-order valence-corrected chi connectivity index (χ4v) is 3.33. The average molecular weight is 266 g/mol. The molecule has 3 aliphatic rings. The van der Waals surface area contributed by atoms with Gasteiger partial charge in [-0.1, -0.05) is 25.7 Å². The monoisotopic (exact) mass is 266 g/mol. The highest BCUT2D eigenvalue weighted by Crippen LogP contribution is 2.56. The van der Waals surface area contributed by atoms with Gasteiger partial charge in [0.1, 0.15) is 5.60 Å². The summed E-state index contributed by atoms with van der Waals surface area (Å²) in [6.07, 6.45) is 11.8. The van der Waals surface area contributed by atoms with E-state index in [0.717, 1.165) is 25.7 Å². The third kappa shape index (κ3) is 3.31. The van der Waals surface area contributed by atoms with Crippen molar-refractivity contribution in [2.45, 2.75) is 88.9 Å². The Morgan fingerprint density at radius 1 is 1.05 bits per heavy atom. The average Bonchev–Trinajstić information content (AvgIpc) is 3.25. The van der Waals surface area contributed by atoms with Crippen molar-refractivity contribution in [1.29, 1.82) is 0 Å². The summed E-state index contributed by atoms with van der Waals surface area (Å²) < 4.78 is 11.7. The lowest BCUT2D eigenvalue weighted by Crippen LogP contribution is -2.33. The normalized spacial score (nSPS) is 28.5. The zero-order valence-electron chi connectivity index (χ0n) is 12.0. The molecule has 19 heavy (non-hydrogen) atoms. The van der Waals surface area contributed by atoms with E-state index >= 15 is 0 Å². The van der Waals surface area contributed by atoms with Gasteiger partial charge in [-0.05, 0) is 51.4 Å². The second kappa shape index (κ2) is 5.43. The van der Waals surface area contributed by atoms with Crippen molar-refractivity contribution >= 4 is 5.97 Å². The van der Waals surface area contributed by atoms with E-state index in [9.17, 15) is 4.79 Å². The van der Waals surface area contributed by atoms with Gasteiger partial charge in [0.15, 0.2) is 6.10 Å². The van der Waals surface area contributed by atoms with Gasteiger partial charge in [0.05, 0.1) is 6.10 Å². The summed E-state index contributed by atoms with van der Waals surface area (Å²) in [5, 5.41) is 0. The Bertz CT molecular complexity index is 323. The molecule has 3 saturated carbocycles. The van der Waals surface area contributed by atoms with E-state index in [1.807, 2.05) is 6.92 Å². The molecule has 3 heteroatoms. The molecule has 3 fully saturated rings. The lowest BCUT2D eigenvalue weighted by atomic mass is 10.1. The first-order valence-electron chi connectivity index (χ1n) is 8.08. The molecule has 0 aliphatic heterocycles. The first-order chi connectivity index (χ1) is 9.20. The number of esters is 1. The van der Waals surface area contributed by atoms with Crippen LogP contribution >= 0.6 is 0 Å². The van der Waals surface area contributed by atoms with Crippen LogP contribution in [0.5, 0.6) is 0 Å². The minimum absolute atomic E-state index is 0.0713. The van der Waals surface area contributed by atoms with Crippen molar-refractivity contribution in [2.75, 3.05) is 0 Å². The van der Waals surface area contributed by atoms with E-state index in [4.69, 9.17) is 9.47 Å². The molecule has 0 bridgehead atoms. The van der Waals surface area contributed by atoms with Gasteiger partial charge in [0, 0.05) is 0 Å². The van der Waals surface area contributed by atoms with Gasteiger partial charge in [-0.3, -0.25) is 0 Å². The third-order valence-electron chi connectivity index (χ3n) is 4.90. The van der Waals surface area contributed by atoms with Crippen LogP contribution in [0, 0.1) is 5.92 Å². The predicted octanol–water partition coefficient (Wildman–Crippen LogP) is 3.60. The van der Waals surface area contributed by atoms with Gasteiger partial charge in [-0.15, -0.1) is 0 Å². The lowest BCUT2D eigenvalue weighted by molar-refractivity contribution is -0.169. The third-order valence-corrected chi connectivity index (χ3v) is 4.90. The highest BCUT2D eigenvalue weighted by atomic mass is 16.6. The smallest absolute Gasteiger partial charge is 0.335 e. The molecule has 3 nitrogen and oxygen atoms in total. The van der Waals surface area contributed by atoms with E-state index in [1.165, 1.54) is 38.5 Å². The molecule has 0 heterocycles. The minimum Gasteiger partial charge on any atom is -0.457 e. The van der Waals surface area contributed by atoms with E-state index in [2.05, 4.69) is 0 Å². The number of hydrogen-bond acceptors (Lipinski definition) is 3. The van der Waals surface area contributed by atoms with Crippen LogP contribution in [0.25, 0.3) is 0 Å². The highest BCUT2D eigenvalue weighted by molar-refractivity contribution is 5.75. The van der Waals surface area contributed by atoms with Gasteiger partial charge in [0.2, 0.25) is 0 Å². The molecule has 0 N–H and O–H groups in total. The van der Waals surface area contributed by atoms with Crippen LogP contribution in [0.4, 0.5) is 0 Å². The van der Waals surface area contributed by atoms with Crippen molar-refractivity contribution < 1.29 is 14.3 Å². The largest absolute Gasteiger partial charge is 0.457 e. The minimum atomic E-state index is -0.390. The zero-order chi connectivity index (χ0) is 13.3. The Labute approximate surface area is 116 Å². The van der Waals surface area contributed by atoms with Crippen LogP contribution in [0.1, 0.15) is 71.1 Å². The predicted molar refractivity (Wildman–Crippen MR) is 72.8 cm³/mol. The van der Waals surface area contributed by atoms with Crippen LogP contribution < -0.4 is 0 Å². The van der Waals surface area contributed by atoms with E-state index < -0.39 is 0 Å². The van der Waals surface area contributed by atoms with E-state index in [0.29, 0.717) is 5.92 Å². The molecule has 0 saturated heterocycles. The Morgan fingerprint density at radius 2 is 1.68 bits per heavy atom. The van der Waals surface area contributed by atoms with Crippen molar-refractivity contribution in [3.63, 3.8) is 0 Å². The molecular weight excluding hydrogens is 240 g/mol. The number of hydrogen-bond donors (Lipinski definition) is 0. The van der Waals surface area contributed by atoms with Crippen molar-refractivity contribution in [3.8, 4) is 0 Å². The fraction of sp³-hybridized carbons (Fsp3) is 0.938. The summed E-state index contributed by atoms with van der Waals surface area (Å²) in [5.74, 6) is 0.523. The summed E-state index contributed by atoms with van der Waals surface area (Å²) in [6, 6.07) is 0. The number of ether oxygens (including phenoxy) is 2. The fourth-order valence-electron chi connectivity index (χ4n) is 3.33. The summed E-state index contributed by atoms with van der Waals surface area (Å²) in [6.45, 7) is 1.86. The first kappa shape index (κ1) is 13.4. The SMILES string of the molecule is C[C@@H](OC1CCCCCC1)C(=O)OC1(C2CC2)CC1. The molecular formula is C16H26O3. The second-order valence-corrected chi connectivity index (χ2v) is 6.65. The van der Waals surface area contributed by atoms with Crippen LogP contribution in [0.15, 0.2) is 0 Å². The van der Waals surface area contributed by atoms with Crippen molar-refractivity contribution in [1.82, 2.24) is 0 Å². The van der Waals surface area contributed by atoms with Crippen LogP contribution in [-0.2, 0) is 14.3 Å². The maximum Gasteiger partial charge on any atom is 0.335 e. The second-order valence-electron chi connectivity index (χ2n) is 6.65. The quantitative estimate of drug-likeness (QED) is 0.563. The number of rotatable bonds is 5. The lowest BCUT2D eigenvalue weighted by Gasteiger charge is -2.23. The molecule has 0 amide bonds. The summed E-state index contributed by atoms with van der Waals surface area (Å²) >= 11 is 0. The maximum atomic E-state index is 12.1. The standard InChI is InChI=1S/C16H26O3/c1-12(18-14-6-4-2-3-5-7-14)15(17)19-16(10-11-16)13-8-9-13/h12-14H,2-11H2,1H3/t12-/m1/s1. The number of carbonyl (C=O) groups excluding carboxylic acids is 1. The molecule has 0 aromatic heterocycles. The Kier molecular flexibility index (Phi) is 3.84. The Balaban J connectivity index is 1.46.